The van der Waals surface area contributed by atoms with E-state index in [4.69, 9.17) is 9.47 Å². The highest BCUT2D eigenvalue weighted by Gasteiger charge is 2.35. The van der Waals surface area contributed by atoms with Crippen LogP contribution in [0.15, 0.2) is 24.3 Å². The minimum atomic E-state index is -4.57. The van der Waals surface area contributed by atoms with E-state index in [9.17, 15) is 18.0 Å². The first-order valence-electron chi connectivity index (χ1n) is 7.14. The molecule has 1 aliphatic rings. The van der Waals surface area contributed by atoms with E-state index >= 15 is 0 Å². The largest absolute Gasteiger partial charge is 0.486 e. The summed E-state index contributed by atoms with van der Waals surface area (Å²) in [6.07, 6.45) is -4.57. The summed E-state index contributed by atoms with van der Waals surface area (Å²) in [4.78, 5) is 12.0. The molecule has 1 aromatic carbocycles. The van der Waals surface area contributed by atoms with Crippen molar-refractivity contribution in [2.75, 3.05) is 18.5 Å². The third-order valence-corrected chi connectivity index (χ3v) is 3.31. The molecule has 24 heavy (non-hydrogen) atoms. The third kappa shape index (κ3) is 3.44. The van der Waals surface area contributed by atoms with E-state index in [0.29, 0.717) is 35.1 Å². The summed E-state index contributed by atoms with van der Waals surface area (Å²) in [6, 6.07) is 5.68. The highest BCUT2D eigenvalue weighted by atomic mass is 19.4. The number of hydrogen-bond donors (Lipinski definition) is 1. The summed E-state index contributed by atoms with van der Waals surface area (Å²) in [5.74, 6) is 0.409. The molecule has 1 aromatic heterocycles. The molecule has 0 radical (unpaired) electrons. The first-order chi connectivity index (χ1) is 11.3. The molecule has 1 N–H and O–H groups in total. The fourth-order valence-corrected chi connectivity index (χ4v) is 2.35. The number of carbonyl (C=O) groups excluding carboxylic acids is 1. The number of fused-ring (bicyclic) bond motifs is 1. The molecular weight excluding hydrogens is 327 g/mol. The van der Waals surface area contributed by atoms with Gasteiger partial charge in [0.1, 0.15) is 25.5 Å². The van der Waals surface area contributed by atoms with Crippen molar-refractivity contribution in [3.05, 3.63) is 35.7 Å². The molecule has 6 nitrogen and oxygen atoms in total. The van der Waals surface area contributed by atoms with Crippen LogP contribution in [0.4, 0.5) is 18.9 Å². The standard InChI is InChI=1S/C15H14F3N3O3/c1-9-6-13(15(16,17)18)21(20-9)8-14(22)19-10-2-3-11-12(7-10)24-5-4-23-11/h2-3,6-7H,4-5,8H2,1H3,(H,19,22). The Morgan fingerprint density at radius 2 is 1.96 bits per heavy atom. The first-order valence-corrected chi connectivity index (χ1v) is 7.14. The van der Waals surface area contributed by atoms with Crippen LogP contribution in [0.2, 0.25) is 0 Å². The van der Waals surface area contributed by atoms with E-state index in [-0.39, 0.29) is 5.69 Å². The first kappa shape index (κ1) is 16.2. The molecular formula is C15H14F3N3O3. The summed E-state index contributed by atoms with van der Waals surface area (Å²) < 4.78 is 50.1. The molecule has 128 valence electrons. The summed E-state index contributed by atoms with van der Waals surface area (Å²) in [6.45, 7) is 1.73. The number of ether oxygens (including phenoxy) is 2. The van der Waals surface area contributed by atoms with Crippen LogP contribution < -0.4 is 14.8 Å². The Labute approximate surface area is 135 Å². The predicted molar refractivity (Wildman–Crippen MR) is 78.0 cm³/mol. The second-order valence-electron chi connectivity index (χ2n) is 5.23. The number of halogens is 3. The summed E-state index contributed by atoms with van der Waals surface area (Å²) >= 11 is 0. The van der Waals surface area contributed by atoms with Gasteiger partial charge in [0.25, 0.3) is 0 Å². The average Bonchev–Trinajstić information content (AvgIpc) is 2.87. The van der Waals surface area contributed by atoms with E-state index < -0.39 is 24.3 Å². The Hall–Kier alpha value is -2.71. The number of aromatic nitrogens is 2. The number of hydrogen-bond acceptors (Lipinski definition) is 4. The van der Waals surface area contributed by atoms with Crippen molar-refractivity contribution >= 4 is 11.6 Å². The van der Waals surface area contributed by atoms with Crippen molar-refractivity contribution in [3.63, 3.8) is 0 Å². The van der Waals surface area contributed by atoms with Crippen molar-refractivity contribution in [2.24, 2.45) is 0 Å². The highest BCUT2D eigenvalue weighted by molar-refractivity contribution is 5.91. The number of nitrogens with one attached hydrogen (secondary N) is 1. The maximum atomic E-state index is 12.9. The summed E-state index contributed by atoms with van der Waals surface area (Å²) in [5, 5.41) is 6.25. The highest BCUT2D eigenvalue weighted by Crippen LogP contribution is 2.33. The van der Waals surface area contributed by atoms with Crippen LogP contribution in [-0.2, 0) is 17.5 Å². The molecule has 2 aromatic rings. The lowest BCUT2D eigenvalue weighted by Gasteiger charge is -2.19. The maximum absolute atomic E-state index is 12.9. The van der Waals surface area contributed by atoms with Gasteiger partial charge in [-0.05, 0) is 25.1 Å². The molecule has 0 bridgehead atoms. The molecule has 0 atom stereocenters. The Morgan fingerprint density at radius 1 is 1.25 bits per heavy atom. The minimum Gasteiger partial charge on any atom is -0.486 e. The number of carbonyl (C=O) groups is 1. The van der Waals surface area contributed by atoms with Crippen molar-refractivity contribution in [1.82, 2.24) is 9.78 Å². The number of nitrogens with zero attached hydrogens (tertiary/aromatic N) is 2. The number of benzene rings is 1. The van der Waals surface area contributed by atoms with Gasteiger partial charge in [0.15, 0.2) is 11.5 Å². The van der Waals surface area contributed by atoms with Crippen LogP contribution in [0, 0.1) is 6.92 Å². The fourth-order valence-electron chi connectivity index (χ4n) is 2.35. The number of amides is 1. The molecule has 0 aliphatic carbocycles. The molecule has 2 heterocycles. The minimum absolute atomic E-state index is 0.189. The van der Waals surface area contributed by atoms with Gasteiger partial charge in [-0.2, -0.15) is 18.3 Å². The van der Waals surface area contributed by atoms with Crippen LogP contribution in [0.3, 0.4) is 0 Å². The summed E-state index contributed by atoms with van der Waals surface area (Å²) in [5.41, 5.74) is -0.367. The van der Waals surface area contributed by atoms with Crippen LogP contribution >= 0.6 is 0 Å². The van der Waals surface area contributed by atoms with Crippen molar-refractivity contribution < 1.29 is 27.4 Å². The number of rotatable bonds is 3. The van der Waals surface area contributed by atoms with E-state index in [0.717, 1.165) is 6.07 Å². The lowest BCUT2D eigenvalue weighted by Crippen LogP contribution is -2.24. The van der Waals surface area contributed by atoms with E-state index in [1.165, 1.54) is 6.92 Å². The molecule has 0 saturated heterocycles. The van der Waals surface area contributed by atoms with E-state index in [1.54, 1.807) is 18.2 Å². The quantitative estimate of drug-likeness (QED) is 0.932. The maximum Gasteiger partial charge on any atom is 0.433 e. The van der Waals surface area contributed by atoms with Crippen molar-refractivity contribution in [1.29, 1.82) is 0 Å². The molecule has 0 fully saturated rings. The average molecular weight is 341 g/mol. The lowest BCUT2D eigenvalue weighted by atomic mass is 10.2. The van der Waals surface area contributed by atoms with E-state index in [1.807, 2.05) is 0 Å². The molecule has 9 heteroatoms. The Kier molecular flexibility index (Phi) is 4.08. The van der Waals surface area contributed by atoms with Gasteiger partial charge in [0, 0.05) is 11.8 Å². The molecule has 0 saturated carbocycles. The van der Waals surface area contributed by atoms with Crippen molar-refractivity contribution in [2.45, 2.75) is 19.6 Å². The van der Waals surface area contributed by atoms with Gasteiger partial charge in [-0.25, -0.2) is 0 Å². The van der Waals surface area contributed by atoms with Gasteiger partial charge in [0.05, 0.1) is 5.69 Å². The predicted octanol–water partition coefficient (Wildman–Crippen LogP) is 2.62. The van der Waals surface area contributed by atoms with Gasteiger partial charge < -0.3 is 14.8 Å². The molecule has 1 aliphatic heterocycles. The third-order valence-electron chi connectivity index (χ3n) is 3.31. The van der Waals surface area contributed by atoms with Crippen LogP contribution in [0.1, 0.15) is 11.4 Å². The molecule has 0 unspecified atom stereocenters. The zero-order chi connectivity index (χ0) is 17.3. The molecule has 3 rings (SSSR count). The molecule has 0 spiro atoms. The number of anilines is 1. The monoisotopic (exact) mass is 341 g/mol. The smallest absolute Gasteiger partial charge is 0.433 e. The number of alkyl halides is 3. The van der Waals surface area contributed by atoms with Gasteiger partial charge in [-0.3, -0.25) is 9.48 Å². The topological polar surface area (TPSA) is 65.4 Å². The van der Waals surface area contributed by atoms with Crippen LogP contribution in [0.5, 0.6) is 11.5 Å². The summed E-state index contributed by atoms with van der Waals surface area (Å²) in [7, 11) is 0. The van der Waals surface area contributed by atoms with Crippen molar-refractivity contribution in [3.8, 4) is 11.5 Å². The van der Waals surface area contributed by atoms with Crippen LogP contribution in [-0.4, -0.2) is 28.9 Å². The molecule has 1 amide bonds. The zero-order valence-electron chi connectivity index (χ0n) is 12.7. The fraction of sp³-hybridized carbons (Fsp3) is 0.333. The van der Waals surface area contributed by atoms with Gasteiger partial charge >= 0.3 is 6.18 Å². The second-order valence-corrected chi connectivity index (χ2v) is 5.23. The Bertz CT molecular complexity index is 771. The van der Waals surface area contributed by atoms with Gasteiger partial charge in [-0.15, -0.1) is 0 Å². The number of aryl methyl sites for hydroxylation is 1. The van der Waals surface area contributed by atoms with Gasteiger partial charge in [0.2, 0.25) is 5.91 Å². The Morgan fingerprint density at radius 3 is 2.67 bits per heavy atom. The van der Waals surface area contributed by atoms with Gasteiger partial charge in [-0.1, -0.05) is 0 Å². The Balaban J connectivity index is 1.72. The lowest BCUT2D eigenvalue weighted by molar-refractivity contribution is -0.144. The normalized spacial score (nSPS) is 13.7. The van der Waals surface area contributed by atoms with E-state index in [2.05, 4.69) is 10.4 Å². The van der Waals surface area contributed by atoms with Crippen LogP contribution in [0.25, 0.3) is 0 Å². The zero-order valence-corrected chi connectivity index (χ0v) is 12.7. The second kappa shape index (κ2) is 6.06. The SMILES string of the molecule is Cc1cc(C(F)(F)F)n(CC(=O)Nc2ccc3c(c2)OCCO3)n1.